The van der Waals surface area contributed by atoms with Crippen molar-refractivity contribution < 1.29 is 14.4 Å². The monoisotopic (exact) mass is 490 g/mol. The molecule has 180 valence electrons. The fourth-order valence-corrected chi connectivity index (χ4v) is 5.03. The van der Waals surface area contributed by atoms with Crippen molar-refractivity contribution >= 4 is 29.6 Å². The highest BCUT2D eigenvalue weighted by molar-refractivity contribution is 7.99. The van der Waals surface area contributed by atoms with Crippen LogP contribution in [0.4, 0.5) is 4.79 Å². The molecule has 0 spiro atoms. The van der Waals surface area contributed by atoms with Crippen molar-refractivity contribution in [2.75, 3.05) is 5.75 Å². The second kappa shape index (κ2) is 9.53. The molecule has 1 atom stereocenters. The van der Waals surface area contributed by atoms with Crippen molar-refractivity contribution in [3.8, 4) is 0 Å². The summed E-state index contributed by atoms with van der Waals surface area (Å²) in [6.45, 7) is 2.44. The molecule has 9 nitrogen and oxygen atoms in total. The lowest BCUT2D eigenvalue weighted by Gasteiger charge is -2.25. The zero-order valence-corrected chi connectivity index (χ0v) is 20.1. The maximum atomic E-state index is 13.2. The highest BCUT2D eigenvalue weighted by Gasteiger charge is 2.52. The van der Waals surface area contributed by atoms with Crippen LogP contribution >= 0.6 is 11.8 Å². The zero-order valence-electron chi connectivity index (χ0n) is 19.3. The summed E-state index contributed by atoms with van der Waals surface area (Å²) in [7, 11) is 0. The molecule has 0 radical (unpaired) electrons. The van der Waals surface area contributed by atoms with Gasteiger partial charge in [-0.15, -0.1) is 10.2 Å². The van der Waals surface area contributed by atoms with Crippen molar-refractivity contribution in [1.82, 2.24) is 30.5 Å². The lowest BCUT2D eigenvalue weighted by Crippen LogP contribution is -2.49. The Hall–Kier alpha value is -3.66. The second-order valence-electron chi connectivity index (χ2n) is 8.71. The van der Waals surface area contributed by atoms with Gasteiger partial charge in [-0.1, -0.05) is 79.3 Å². The number of urea groups is 1. The van der Waals surface area contributed by atoms with Gasteiger partial charge < -0.3 is 9.88 Å². The minimum absolute atomic E-state index is 0.0148. The van der Waals surface area contributed by atoms with Gasteiger partial charge in [0.15, 0.2) is 5.16 Å². The predicted octanol–water partition coefficient (Wildman–Crippen LogP) is 3.18. The molecule has 2 heterocycles. The van der Waals surface area contributed by atoms with E-state index < -0.39 is 23.4 Å². The average molecular weight is 491 g/mol. The van der Waals surface area contributed by atoms with Gasteiger partial charge in [0.1, 0.15) is 11.4 Å². The third-order valence-electron chi connectivity index (χ3n) is 6.33. The van der Waals surface area contributed by atoms with Gasteiger partial charge in [-0.05, 0) is 30.4 Å². The molecule has 1 unspecified atom stereocenters. The zero-order chi connectivity index (χ0) is 24.4. The Balaban J connectivity index is 1.27. The quantitative estimate of drug-likeness (QED) is 0.352. The number of aromatic nitrogens is 3. The Morgan fingerprint density at radius 1 is 1.09 bits per heavy atom. The number of carbonyl (C=O) groups excluding carboxylic acids is 3. The molecule has 1 aliphatic heterocycles. The van der Waals surface area contributed by atoms with Crippen LogP contribution < -0.4 is 10.7 Å². The van der Waals surface area contributed by atoms with E-state index in [1.54, 1.807) is 12.1 Å². The Kier molecular flexibility index (Phi) is 6.29. The third-order valence-corrected chi connectivity index (χ3v) is 7.30. The van der Waals surface area contributed by atoms with E-state index in [4.69, 9.17) is 0 Å². The molecule has 1 aliphatic carbocycles. The van der Waals surface area contributed by atoms with E-state index in [9.17, 15) is 14.4 Å². The summed E-state index contributed by atoms with van der Waals surface area (Å²) in [4.78, 5) is 38.6. The van der Waals surface area contributed by atoms with Crippen LogP contribution in [0.5, 0.6) is 0 Å². The summed E-state index contributed by atoms with van der Waals surface area (Å²) in [6, 6.07) is 18.4. The van der Waals surface area contributed by atoms with Gasteiger partial charge >= 0.3 is 6.03 Å². The van der Waals surface area contributed by atoms with Crippen LogP contribution in [0.1, 0.15) is 49.1 Å². The van der Waals surface area contributed by atoms with E-state index in [2.05, 4.69) is 25.5 Å². The molecule has 1 aromatic heterocycles. The maximum Gasteiger partial charge on any atom is 0.344 e. The van der Waals surface area contributed by atoms with Crippen LogP contribution in [-0.4, -0.2) is 43.4 Å². The van der Waals surface area contributed by atoms with Gasteiger partial charge in [0, 0.05) is 5.92 Å². The van der Waals surface area contributed by atoms with Crippen LogP contribution in [0.3, 0.4) is 0 Å². The molecular formula is C25H26N6O3S. The summed E-state index contributed by atoms with van der Waals surface area (Å²) in [5, 5.41) is 12.9. The number of nitrogens with one attached hydrogen (secondary N) is 2. The Morgan fingerprint density at radius 3 is 2.43 bits per heavy atom. The van der Waals surface area contributed by atoms with Crippen LogP contribution in [-0.2, 0) is 21.7 Å². The molecule has 1 saturated heterocycles. The Labute approximate surface area is 207 Å². The third kappa shape index (κ3) is 4.53. The Bertz CT molecular complexity index is 1240. The number of rotatable bonds is 9. The molecule has 1 saturated carbocycles. The fourth-order valence-electron chi connectivity index (χ4n) is 4.29. The Morgan fingerprint density at radius 2 is 1.77 bits per heavy atom. The standard InChI is InChI=1S/C25H26N6O3S/c1-2-25(19-11-7-4-8-12-19)22(33)31(23(34)26-25)29-20(32)16-35-24-28-27-21(18-13-14-18)30(24)15-17-9-5-3-6-10-17/h3-12,18H,2,13-16H2,1H3,(H,26,34)(H,29,32). The van der Waals surface area contributed by atoms with Crippen LogP contribution in [0.25, 0.3) is 0 Å². The van der Waals surface area contributed by atoms with Crippen molar-refractivity contribution in [2.45, 2.75) is 49.3 Å². The van der Waals surface area contributed by atoms with E-state index in [1.807, 2.05) is 55.5 Å². The van der Waals surface area contributed by atoms with Gasteiger partial charge in [0.05, 0.1) is 12.3 Å². The smallest absolute Gasteiger partial charge is 0.318 e. The van der Waals surface area contributed by atoms with Crippen molar-refractivity contribution in [2.24, 2.45) is 0 Å². The molecule has 10 heteroatoms. The maximum absolute atomic E-state index is 13.2. The summed E-state index contributed by atoms with van der Waals surface area (Å²) >= 11 is 1.24. The van der Waals surface area contributed by atoms with Gasteiger partial charge in [0.2, 0.25) is 5.91 Å². The number of amides is 4. The number of imide groups is 1. The van der Waals surface area contributed by atoms with E-state index >= 15 is 0 Å². The van der Waals surface area contributed by atoms with Gasteiger partial charge in [-0.25, -0.2) is 4.79 Å². The van der Waals surface area contributed by atoms with Crippen LogP contribution in [0, 0.1) is 0 Å². The number of hydrogen-bond donors (Lipinski definition) is 2. The molecule has 0 bridgehead atoms. The number of hydrogen-bond acceptors (Lipinski definition) is 6. The SMILES string of the molecule is CCC1(c2ccccc2)NC(=O)N(NC(=O)CSc2nnc(C3CC3)n2Cc2ccccc2)C1=O. The van der Waals surface area contributed by atoms with E-state index in [-0.39, 0.29) is 5.75 Å². The summed E-state index contributed by atoms with van der Waals surface area (Å²) in [6.07, 6.45) is 2.53. The molecule has 2 N–H and O–H groups in total. The van der Waals surface area contributed by atoms with Crippen molar-refractivity contribution in [3.63, 3.8) is 0 Å². The molecular weight excluding hydrogens is 464 g/mol. The number of thioether (sulfide) groups is 1. The topological polar surface area (TPSA) is 109 Å². The van der Waals surface area contributed by atoms with E-state index in [0.29, 0.717) is 29.6 Å². The van der Waals surface area contributed by atoms with Crippen LogP contribution in [0.2, 0.25) is 0 Å². The van der Waals surface area contributed by atoms with Crippen molar-refractivity contribution in [1.29, 1.82) is 0 Å². The van der Waals surface area contributed by atoms with Gasteiger partial charge in [-0.2, -0.15) is 5.01 Å². The first kappa shape index (κ1) is 23.1. The first-order valence-corrected chi connectivity index (χ1v) is 12.6. The minimum Gasteiger partial charge on any atom is -0.318 e. The number of nitrogens with zero attached hydrogens (tertiary/aromatic N) is 4. The second-order valence-corrected chi connectivity index (χ2v) is 9.65. The molecule has 2 aliphatic rings. The fraction of sp³-hybridized carbons (Fsp3) is 0.320. The lowest BCUT2D eigenvalue weighted by atomic mass is 9.87. The molecule has 4 amide bonds. The van der Waals surface area contributed by atoms with Gasteiger partial charge in [0.25, 0.3) is 5.91 Å². The largest absolute Gasteiger partial charge is 0.344 e. The highest BCUT2D eigenvalue weighted by Crippen LogP contribution is 2.40. The molecule has 35 heavy (non-hydrogen) atoms. The van der Waals surface area contributed by atoms with E-state index in [0.717, 1.165) is 29.2 Å². The van der Waals surface area contributed by atoms with Crippen LogP contribution in [0.15, 0.2) is 65.8 Å². The summed E-state index contributed by atoms with van der Waals surface area (Å²) in [5.74, 6) is 0.347. The summed E-state index contributed by atoms with van der Waals surface area (Å²) < 4.78 is 2.05. The molecule has 2 aromatic carbocycles. The number of benzene rings is 2. The first-order chi connectivity index (χ1) is 17.0. The lowest BCUT2D eigenvalue weighted by molar-refractivity contribution is -0.138. The minimum atomic E-state index is -1.20. The predicted molar refractivity (Wildman–Crippen MR) is 130 cm³/mol. The normalized spacial score (nSPS) is 19.6. The molecule has 3 aromatic rings. The van der Waals surface area contributed by atoms with Crippen molar-refractivity contribution in [3.05, 3.63) is 77.6 Å². The molecule has 2 fully saturated rings. The summed E-state index contributed by atoms with van der Waals surface area (Å²) in [5.41, 5.74) is 3.07. The average Bonchev–Trinajstić information content (AvgIpc) is 3.61. The highest BCUT2D eigenvalue weighted by atomic mass is 32.2. The number of hydrazine groups is 1. The number of carbonyl (C=O) groups is 3. The molecule has 5 rings (SSSR count). The van der Waals surface area contributed by atoms with Gasteiger partial charge in [-0.3, -0.25) is 15.0 Å². The van der Waals surface area contributed by atoms with E-state index in [1.165, 1.54) is 11.8 Å². The first-order valence-electron chi connectivity index (χ1n) is 11.6.